The number of Topliss-reactive ketones (excluding diaryl/α,β-unsaturated/α-hetero) is 1. The zero-order valence-corrected chi connectivity index (χ0v) is 22.5. The first kappa shape index (κ1) is 26.8. The van der Waals surface area contributed by atoms with E-state index in [2.05, 4.69) is 0 Å². The summed E-state index contributed by atoms with van der Waals surface area (Å²) in [5, 5.41) is 27.7. The Morgan fingerprint density at radius 1 is 1.02 bits per heavy atom. The van der Waals surface area contributed by atoms with E-state index in [1.807, 2.05) is 30.3 Å². The summed E-state index contributed by atoms with van der Waals surface area (Å²) in [5.41, 5.74) is 1.60. The lowest BCUT2D eigenvalue weighted by molar-refractivity contribution is -0.125. The van der Waals surface area contributed by atoms with E-state index < -0.39 is 23.5 Å². The number of amides is 1. The lowest BCUT2D eigenvalue weighted by Crippen LogP contribution is -2.35. The number of amidine groups is 1. The van der Waals surface area contributed by atoms with Crippen LogP contribution in [0.3, 0.4) is 0 Å². The van der Waals surface area contributed by atoms with Crippen molar-refractivity contribution in [2.45, 2.75) is 19.6 Å². The predicted molar refractivity (Wildman–Crippen MR) is 152 cm³/mol. The maximum Gasteiger partial charge on any atom is 0.296 e. The van der Waals surface area contributed by atoms with Gasteiger partial charge in [0.05, 0.1) is 23.8 Å². The average Bonchev–Trinajstić information content (AvgIpc) is 3.50. The number of fused-ring (bicyclic) bond motifs is 1. The Morgan fingerprint density at radius 3 is 2.45 bits per heavy atom. The first-order valence-electron chi connectivity index (χ1n) is 12.2. The van der Waals surface area contributed by atoms with Gasteiger partial charge < -0.3 is 19.0 Å². The van der Waals surface area contributed by atoms with Gasteiger partial charge in [-0.05, 0) is 54.1 Å². The summed E-state index contributed by atoms with van der Waals surface area (Å²) in [4.78, 5) is 28.0. The molecule has 1 unspecified atom stereocenters. The highest BCUT2D eigenvalue weighted by molar-refractivity contribution is 8.26. The Morgan fingerprint density at radius 2 is 1.75 bits per heavy atom. The quantitative estimate of drug-likeness (QED) is 0.139. The summed E-state index contributed by atoms with van der Waals surface area (Å²) in [5.74, 6) is -1.69. The molecule has 0 aliphatic carbocycles. The minimum absolute atomic E-state index is 0.0559. The Kier molecular flexibility index (Phi) is 7.43. The number of carbonyl (C=O) groups is 2. The molecular formula is C30H25N3O6S. The fourth-order valence-corrected chi connectivity index (χ4v) is 5.07. The number of rotatable bonds is 7. The van der Waals surface area contributed by atoms with Crippen molar-refractivity contribution in [2.24, 2.45) is 0 Å². The van der Waals surface area contributed by atoms with Crippen molar-refractivity contribution in [1.82, 2.24) is 4.90 Å². The van der Waals surface area contributed by atoms with Crippen LogP contribution in [0.1, 0.15) is 34.6 Å². The molecule has 0 saturated heterocycles. The van der Waals surface area contributed by atoms with E-state index >= 15 is 0 Å². The molecule has 1 aliphatic rings. The third kappa shape index (κ3) is 5.08. The Hall–Kier alpha value is -4.83. The number of aliphatic hydroxyl groups is 1. The largest absolute Gasteiger partial charge is 0.503 e. The van der Waals surface area contributed by atoms with Gasteiger partial charge in [0.2, 0.25) is 5.78 Å². The SMILES string of the molecule is COc1cc(C2C(C(=O)c3cc4ccccc4o3)=C(O)C(=O)N2C(=N)SC(C)=N)ccc1OCc1ccccc1. The molecule has 0 spiro atoms. The number of benzene rings is 3. The number of furan rings is 1. The number of hydrogen-bond acceptors (Lipinski definition) is 9. The van der Waals surface area contributed by atoms with Crippen molar-refractivity contribution >= 4 is 44.6 Å². The van der Waals surface area contributed by atoms with Crippen LogP contribution in [0.2, 0.25) is 0 Å². The number of thioether (sulfide) groups is 1. The summed E-state index contributed by atoms with van der Waals surface area (Å²) in [6.45, 7) is 1.77. The van der Waals surface area contributed by atoms with Gasteiger partial charge in [-0.3, -0.25) is 25.3 Å². The van der Waals surface area contributed by atoms with Crippen molar-refractivity contribution in [3.05, 3.63) is 107 Å². The predicted octanol–water partition coefficient (Wildman–Crippen LogP) is 6.26. The van der Waals surface area contributed by atoms with Crippen molar-refractivity contribution in [2.75, 3.05) is 7.11 Å². The van der Waals surface area contributed by atoms with Crippen LogP contribution in [0.15, 0.2) is 94.6 Å². The second-order valence-corrected chi connectivity index (χ2v) is 10.2. The van der Waals surface area contributed by atoms with Crippen molar-refractivity contribution in [3.8, 4) is 11.5 Å². The summed E-state index contributed by atoms with van der Waals surface area (Å²) in [7, 11) is 1.47. The Balaban J connectivity index is 1.56. The van der Waals surface area contributed by atoms with Gasteiger partial charge in [-0.15, -0.1) is 0 Å². The minimum atomic E-state index is -1.18. The molecule has 0 fully saturated rings. The number of methoxy groups -OCH3 is 1. The van der Waals surface area contributed by atoms with Gasteiger partial charge in [-0.25, -0.2) is 0 Å². The second kappa shape index (κ2) is 11.1. The molecule has 9 nitrogen and oxygen atoms in total. The molecule has 5 rings (SSSR count). The van der Waals surface area contributed by atoms with Gasteiger partial charge >= 0.3 is 0 Å². The zero-order valence-electron chi connectivity index (χ0n) is 21.6. The number of carbonyl (C=O) groups excluding carboxylic acids is 2. The van der Waals surface area contributed by atoms with Crippen LogP contribution in [0.25, 0.3) is 11.0 Å². The molecule has 3 N–H and O–H groups in total. The third-order valence-electron chi connectivity index (χ3n) is 6.31. The standard InChI is InChI=1S/C30H25N3O6S/c1-17(31)40-30(32)33-26(20-12-13-22(23(15-20)37-2)38-16-18-8-4-3-5-9-18)25(28(35)29(33)36)27(34)24-14-19-10-6-7-11-21(19)39-24/h3-15,26,31-32,35H,16H2,1-2H3. The number of aliphatic hydroxyl groups excluding tert-OH is 1. The highest BCUT2D eigenvalue weighted by atomic mass is 32.2. The second-order valence-electron chi connectivity index (χ2n) is 8.97. The van der Waals surface area contributed by atoms with E-state index in [9.17, 15) is 14.7 Å². The maximum atomic E-state index is 13.8. The summed E-state index contributed by atoms with van der Waals surface area (Å²) in [6, 6.07) is 21.9. The van der Waals surface area contributed by atoms with Gasteiger partial charge in [-0.1, -0.05) is 54.6 Å². The molecule has 4 aromatic rings. The molecule has 1 amide bonds. The zero-order chi connectivity index (χ0) is 28.4. The van der Waals surface area contributed by atoms with Gasteiger partial charge in [0.1, 0.15) is 12.2 Å². The number of para-hydroxylation sites is 1. The van der Waals surface area contributed by atoms with Crippen LogP contribution in [0.5, 0.6) is 11.5 Å². The molecule has 3 aromatic carbocycles. The van der Waals surface area contributed by atoms with Gasteiger partial charge in [0, 0.05) is 5.39 Å². The third-order valence-corrected chi connectivity index (χ3v) is 7.01. The fraction of sp³-hybridized carbons (Fsp3) is 0.133. The lowest BCUT2D eigenvalue weighted by atomic mass is 9.95. The molecule has 0 bridgehead atoms. The molecule has 202 valence electrons. The van der Waals surface area contributed by atoms with Crippen LogP contribution >= 0.6 is 11.8 Å². The first-order valence-corrected chi connectivity index (χ1v) is 13.1. The molecule has 1 aromatic heterocycles. The van der Waals surface area contributed by atoms with Crippen LogP contribution in [-0.2, 0) is 11.4 Å². The average molecular weight is 556 g/mol. The van der Waals surface area contributed by atoms with Crippen molar-refractivity contribution in [3.63, 3.8) is 0 Å². The summed E-state index contributed by atoms with van der Waals surface area (Å²) >= 11 is 0.731. The van der Waals surface area contributed by atoms with E-state index in [0.717, 1.165) is 22.2 Å². The minimum Gasteiger partial charge on any atom is -0.503 e. The maximum absolute atomic E-state index is 13.8. The summed E-state index contributed by atoms with van der Waals surface area (Å²) in [6.07, 6.45) is 0. The van der Waals surface area contributed by atoms with Crippen LogP contribution in [0.4, 0.5) is 0 Å². The molecule has 1 aliphatic heterocycles. The monoisotopic (exact) mass is 555 g/mol. The van der Waals surface area contributed by atoms with E-state index in [-0.39, 0.29) is 21.5 Å². The molecule has 2 heterocycles. The number of ketones is 1. The van der Waals surface area contributed by atoms with Crippen molar-refractivity contribution < 1.29 is 28.6 Å². The highest BCUT2D eigenvalue weighted by Gasteiger charge is 2.47. The van der Waals surface area contributed by atoms with E-state index in [1.54, 1.807) is 48.5 Å². The molecule has 10 heteroatoms. The molecular weight excluding hydrogens is 530 g/mol. The van der Waals surface area contributed by atoms with Crippen molar-refractivity contribution in [1.29, 1.82) is 10.8 Å². The lowest BCUT2D eigenvalue weighted by Gasteiger charge is -2.26. The van der Waals surface area contributed by atoms with Gasteiger partial charge in [0.15, 0.2) is 28.2 Å². The van der Waals surface area contributed by atoms with Crippen LogP contribution < -0.4 is 9.47 Å². The number of hydrogen-bond donors (Lipinski definition) is 3. The fourth-order valence-electron chi connectivity index (χ4n) is 4.49. The van der Waals surface area contributed by atoms with Gasteiger partial charge in [0.25, 0.3) is 5.91 Å². The normalized spacial score (nSPS) is 15.0. The Bertz CT molecular complexity index is 1640. The molecule has 1 atom stereocenters. The number of ether oxygens (including phenoxy) is 2. The van der Waals surface area contributed by atoms with E-state index in [0.29, 0.717) is 34.6 Å². The van der Waals surface area contributed by atoms with Crippen LogP contribution in [0, 0.1) is 10.8 Å². The highest BCUT2D eigenvalue weighted by Crippen LogP contribution is 2.43. The van der Waals surface area contributed by atoms with E-state index in [4.69, 9.17) is 24.7 Å². The van der Waals surface area contributed by atoms with Crippen LogP contribution in [-0.4, -0.2) is 39.0 Å². The Labute approximate surface area is 234 Å². The molecule has 0 radical (unpaired) electrons. The smallest absolute Gasteiger partial charge is 0.296 e. The number of nitrogens with one attached hydrogen (secondary N) is 2. The summed E-state index contributed by atoms with van der Waals surface area (Å²) < 4.78 is 17.3. The molecule has 40 heavy (non-hydrogen) atoms. The first-order chi connectivity index (χ1) is 19.3. The topological polar surface area (TPSA) is 137 Å². The number of nitrogens with zero attached hydrogens (tertiary/aromatic N) is 1. The van der Waals surface area contributed by atoms with Gasteiger partial charge in [-0.2, -0.15) is 0 Å². The van der Waals surface area contributed by atoms with E-state index in [1.165, 1.54) is 14.0 Å². The molecule has 0 saturated carbocycles.